The van der Waals surface area contributed by atoms with E-state index in [0.717, 1.165) is 19.4 Å². The maximum Gasteiger partial charge on any atom is 0.370 e. The SMILES string of the molecule is Cc1ccc(-n2nc3c(=O)n(C)c(=O)n(C)c3nc2=O)cc1. The predicted molar refractivity (Wildman–Crippen MR) is 80.4 cm³/mol. The minimum Gasteiger partial charge on any atom is -0.279 e. The minimum absolute atomic E-state index is 0.0264. The van der Waals surface area contributed by atoms with E-state index in [9.17, 15) is 14.4 Å². The van der Waals surface area contributed by atoms with Crippen LogP contribution in [-0.4, -0.2) is 23.9 Å². The van der Waals surface area contributed by atoms with Crippen LogP contribution < -0.4 is 16.9 Å². The zero-order valence-corrected chi connectivity index (χ0v) is 12.3. The van der Waals surface area contributed by atoms with Gasteiger partial charge in [0, 0.05) is 14.1 Å². The molecular weight excluding hydrogens is 286 g/mol. The fraction of sp³-hybridized carbons (Fsp3) is 0.214. The summed E-state index contributed by atoms with van der Waals surface area (Å²) >= 11 is 0. The molecule has 1 aromatic carbocycles. The zero-order valence-electron chi connectivity index (χ0n) is 12.3. The van der Waals surface area contributed by atoms with Crippen molar-refractivity contribution in [2.45, 2.75) is 6.92 Å². The van der Waals surface area contributed by atoms with Crippen molar-refractivity contribution in [1.82, 2.24) is 23.9 Å². The number of rotatable bonds is 1. The third-order valence-electron chi connectivity index (χ3n) is 3.47. The first-order valence-corrected chi connectivity index (χ1v) is 6.54. The quantitative estimate of drug-likeness (QED) is 0.603. The number of hydrogen-bond donors (Lipinski definition) is 0. The summed E-state index contributed by atoms with van der Waals surface area (Å²) in [6.07, 6.45) is 0. The number of aromatic nitrogens is 5. The van der Waals surface area contributed by atoms with E-state index in [4.69, 9.17) is 0 Å². The summed E-state index contributed by atoms with van der Waals surface area (Å²) in [7, 11) is 2.79. The summed E-state index contributed by atoms with van der Waals surface area (Å²) in [4.78, 5) is 40.0. The van der Waals surface area contributed by atoms with Gasteiger partial charge in [0.25, 0.3) is 5.56 Å². The fourth-order valence-electron chi connectivity index (χ4n) is 2.17. The maximum absolute atomic E-state index is 12.2. The van der Waals surface area contributed by atoms with Gasteiger partial charge in [0.15, 0.2) is 11.2 Å². The van der Waals surface area contributed by atoms with E-state index in [-0.39, 0.29) is 11.2 Å². The normalized spacial score (nSPS) is 11.0. The van der Waals surface area contributed by atoms with E-state index in [0.29, 0.717) is 5.69 Å². The summed E-state index contributed by atoms with van der Waals surface area (Å²) in [5, 5.41) is 4.09. The molecule has 0 aliphatic carbocycles. The Kier molecular flexibility index (Phi) is 3.01. The van der Waals surface area contributed by atoms with E-state index in [1.54, 1.807) is 12.1 Å². The van der Waals surface area contributed by atoms with Crippen molar-refractivity contribution in [1.29, 1.82) is 0 Å². The van der Waals surface area contributed by atoms with Crippen molar-refractivity contribution < 1.29 is 0 Å². The Morgan fingerprint density at radius 1 is 0.955 bits per heavy atom. The van der Waals surface area contributed by atoms with Gasteiger partial charge in [0.05, 0.1) is 5.69 Å². The van der Waals surface area contributed by atoms with Gasteiger partial charge in [-0.3, -0.25) is 13.9 Å². The molecule has 0 unspecified atom stereocenters. The lowest BCUT2D eigenvalue weighted by atomic mass is 10.2. The molecule has 0 aliphatic heterocycles. The molecule has 8 nitrogen and oxygen atoms in total. The van der Waals surface area contributed by atoms with E-state index in [1.165, 1.54) is 14.1 Å². The van der Waals surface area contributed by atoms with Crippen molar-refractivity contribution in [2.75, 3.05) is 0 Å². The van der Waals surface area contributed by atoms with Gasteiger partial charge < -0.3 is 0 Å². The number of fused-ring (bicyclic) bond motifs is 1. The molecule has 0 saturated heterocycles. The lowest BCUT2D eigenvalue weighted by Crippen LogP contribution is -2.40. The van der Waals surface area contributed by atoms with E-state index in [1.807, 2.05) is 19.1 Å². The molecule has 8 heteroatoms. The summed E-state index contributed by atoms with van der Waals surface area (Å²) in [5.41, 5.74) is -0.332. The number of hydrogen-bond acceptors (Lipinski definition) is 5. The first-order valence-electron chi connectivity index (χ1n) is 6.54. The lowest BCUT2D eigenvalue weighted by molar-refractivity contribution is 0.683. The molecule has 2 aromatic heterocycles. The van der Waals surface area contributed by atoms with Crippen molar-refractivity contribution >= 4 is 11.2 Å². The van der Waals surface area contributed by atoms with Crippen molar-refractivity contribution in [3.8, 4) is 5.69 Å². The highest BCUT2D eigenvalue weighted by Gasteiger charge is 2.14. The molecule has 0 fully saturated rings. The number of nitrogens with zero attached hydrogens (tertiary/aromatic N) is 5. The Balaban J connectivity index is 2.43. The molecule has 0 radical (unpaired) electrons. The predicted octanol–water partition coefficient (Wildman–Crippen LogP) is -0.513. The van der Waals surface area contributed by atoms with E-state index < -0.39 is 16.9 Å². The largest absolute Gasteiger partial charge is 0.370 e. The van der Waals surface area contributed by atoms with Crippen LogP contribution in [0.25, 0.3) is 16.9 Å². The molecular formula is C14H13N5O3. The molecule has 0 amide bonds. The molecule has 22 heavy (non-hydrogen) atoms. The van der Waals surface area contributed by atoms with E-state index >= 15 is 0 Å². The number of aryl methyl sites for hydroxylation is 2. The summed E-state index contributed by atoms with van der Waals surface area (Å²) in [6, 6.07) is 7.08. The van der Waals surface area contributed by atoms with Crippen molar-refractivity contribution in [3.63, 3.8) is 0 Å². The van der Waals surface area contributed by atoms with Crippen LogP contribution in [-0.2, 0) is 14.1 Å². The van der Waals surface area contributed by atoms with Gasteiger partial charge in [-0.05, 0) is 19.1 Å². The van der Waals surface area contributed by atoms with Crippen LogP contribution in [0.1, 0.15) is 5.56 Å². The van der Waals surface area contributed by atoms with Gasteiger partial charge in [0.1, 0.15) is 0 Å². The molecule has 2 heterocycles. The molecule has 3 aromatic rings. The molecule has 0 bridgehead atoms. The standard InChI is InChI=1S/C14H13N5O3/c1-8-4-6-9(7-5-8)19-13(21)15-11-10(16-19)12(20)18(3)14(22)17(11)2/h4-7H,1-3H3. The van der Waals surface area contributed by atoms with Crippen LogP contribution in [0, 0.1) is 6.92 Å². The smallest absolute Gasteiger partial charge is 0.279 e. The second-order valence-corrected chi connectivity index (χ2v) is 5.02. The highest BCUT2D eigenvalue weighted by atomic mass is 16.2. The molecule has 112 valence electrons. The summed E-state index contributed by atoms with van der Waals surface area (Å²) < 4.78 is 3.11. The van der Waals surface area contributed by atoms with Gasteiger partial charge in [-0.1, -0.05) is 17.7 Å². The molecule has 3 rings (SSSR count). The van der Waals surface area contributed by atoms with Gasteiger partial charge in [-0.2, -0.15) is 14.8 Å². The Hall–Kier alpha value is -3.03. The number of benzene rings is 1. The van der Waals surface area contributed by atoms with Gasteiger partial charge in [0.2, 0.25) is 0 Å². The molecule has 0 spiro atoms. The van der Waals surface area contributed by atoms with Gasteiger partial charge >= 0.3 is 11.4 Å². The Morgan fingerprint density at radius 3 is 2.23 bits per heavy atom. The average molecular weight is 299 g/mol. The molecule has 0 aliphatic rings. The van der Waals surface area contributed by atoms with Gasteiger partial charge in [-0.25, -0.2) is 9.59 Å². The summed E-state index contributed by atoms with van der Waals surface area (Å²) in [6.45, 7) is 1.92. The minimum atomic E-state index is -0.653. The lowest BCUT2D eigenvalue weighted by Gasteiger charge is -2.08. The summed E-state index contributed by atoms with van der Waals surface area (Å²) in [5.74, 6) is 0. The van der Waals surface area contributed by atoms with Crippen LogP contribution in [0.2, 0.25) is 0 Å². The van der Waals surface area contributed by atoms with Crippen LogP contribution in [0.15, 0.2) is 38.6 Å². The van der Waals surface area contributed by atoms with Crippen LogP contribution >= 0.6 is 0 Å². The van der Waals surface area contributed by atoms with Crippen LogP contribution in [0.4, 0.5) is 0 Å². The average Bonchev–Trinajstić information content (AvgIpc) is 2.51. The monoisotopic (exact) mass is 299 g/mol. The Morgan fingerprint density at radius 2 is 1.59 bits per heavy atom. The molecule has 0 atom stereocenters. The van der Waals surface area contributed by atoms with Crippen LogP contribution in [0.3, 0.4) is 0 Å². The van der Waals surface area contributed by atoms with Crippen molar-refractivity contribution in [3.05, 3.63) is 61.2 Å². The van der Waals surface area contributed by atoms with E-state index in [2.05, 4.69) is 10.1 Å². The highest BCUT2D eigenvalue weighted by molar-refractivity contribution is 5.67. The third-order valence-corrected chi connectivity index (χ3v) is 3.47. The zero-order chi connectivity index (χ0) is 16.0. The molecule has 0 saturated carbocycles. The highest BCUT2D eigenvalue weighted by Crippen LogP contribution is 2.06. The third kappa shape index (κ3) is 1.96. The second kappa shape index (κ2) is 4.76. The topological polar surface area (TPSA) is 91.8 Å². The van der Waals surface area contributed by atoms with Gasteiger partial charge in [-0.15, -0.1) is 0 Å². The Bertz CT molecular complexity index is 1060. The van der Waals surface area contributed by atoms with Crippen LogP contribution in [0.5, 0.6) is 0 Å². The first-order chi connectivity index (χ1) is 10.4. The molecule has 0 N–H and O–H groups in total. The van der Waals surface area contributed by atoms with Crippen molar-refractivity contribution in [2.24, 2.45) is 14.1 Å². The second-order valence-electron chi connectivity index (χ2n) is 5.02. The fourth-order valence-corrected chi connectivity index (χ4v) is 2.17. The first kappa shape index (κ1) is 13.9. The maximum atomic E-state index is 12.2. The Labute approximate surface area is 123 Å².